The summed E-state index contributed by atoms with van der Waals surface area (Å²) in [5.41, 5.74) is 2.52. The van der Waals surface area contributed by atoms with Crippen molar-refractivity contribution in [3.05, 3.63) is 52.7 Å². The highest BCUT2D eigenvalue weighted by Crippen LogP contribution is 2.28. The zero-order valence-electron chi connectivity index (χ0n) is 18.1. The highest BCUT2D eigenvalue weighted by Gasteiger charge is 2.24. The fourth-order valence-electron chi connectivity index (χ4n) is 3.21. The van der Waals surface area contributed by atoms with Gasteiger partial charge in [0.2, 0.25) is 0 Å². The van der Waals surface area contributed by atoms with E-state index in [4.69, 9.17) is 9.26 Å². The Morgan fingerprint density at radius 2 is 1.90 bits per heavy atom. The molecule has 7 nitrogen and oxygen atoms in total. The highest BCUT2D eigenvalue weighted by molar-refractivity contribution is 7.14. The zero-order valence-corrected chi connectivity index (χ0v) is 18.9. The number of carbonyl (C=O) groups is 2. The Kier molecular flexibility index (Phi) is 7.94. The van der Waals surface area contributed by atoms with Gasteiger partial charge in [-0.05, 0) is 20.3 Å². The van der Waals surface area contributed by atoms with E-state index in [9.17, 15) is 9.59 Å². The lowest BCUT2D eigenvalue weighted by atomic mass is 10.2. The largest absolute Gasteiger partial charge is 0.452 e. The molecule has 1 aromatic carbocycles. The summed E-state index contributed by atoms with van der Waals surface area (Å²) in [7, 11) is 0. The molecule has 2 heterocycles. The average molecular weight is 442 g/mol. The minimum atomic E-state index is -0.611. The lowest BCUT2D eigenvalue weighted by molar-refractivity contribution is -0.121. The van der Waals surface area contributed by atoms with Crippen LogP contribution in [0.15, 0.2) is 40.2 Å². The summed E-state index contributed by atoms with van der Waals surface area (Å²) in [6.07, 6.45) is 4.10. The summed E-state index contributed by atoms with van der Waals surface area (Å²) in [5, 5.41) is 6.30. The molecule has 0 N–H and O–H groups in total. The van der Waals surface area contributed by atoms with Gasteiger partial charge in [-0.3, -0.25) is 9.69 Å². The van der Waals surface area contributed by atoms with Crippen molar-refractivity contribution in [3.63, 3.8) is 0 Å². The van der Waals surface area contributed by atoms with Crippen LogP contribution in [-0.4, -0.2) is 35.2 Å². The molecule has 0 radical (unpaired) electrons. The number of amides is 1. The number of anilines is 1. The van der Waals surface area contributed by atoms with Gasteiger partial charge in [-0.25, -0.2) is 9.78 Å². The van der Waals surface area contributed by atoms with E-state index in [0.29, 0.717) is 23.1 Å². The number of thiazole rings is 1. The molecule has 0 spiro atoms. The van der Waals surface area contributed by atoms with Gasteiger partial charge in [0.1, 0.15) is 11.3 Å². The molecule has 0 atom stereocenters. The number of ether oxygens (including phenoxy) is 1. The summed E-state index contributed by atoms with van der Waals surface area (Å²) in [6.45, 7) is 5.61. The second-order valence-electron chi connectivity index (χ2n) is 7.26. The van der Waals surface area contributed by atoms with Gasteiger partial charge in [0.25, 0.3) is 5.91 Å². The number of aromatic nitrogens is 2. The van der Waals surface area contributed by atoms with Crippen LogP contribution in [0.5, 0.6) is 0 Å². The molecule has 0 aliphatic rings. The number of carbonyl (C=O) groups excluding carboxylic acids is 2. The van der Waals surface area contributed by atoms with Crippen molar-refractivity contribution in [2.45, 2.75) is 46.5 Å². The van der Waals surface area contributed by atoms with Crippen LogP contribution in [0.25, 0.3) is 11.3 Å². The van der Waals surface area contributed by atoms with Crippen LogP contribution in [0, 0.1) is 13.8 Å². The fourth-order valence-corrected chi connectivity index (χ4v) is 4.08. The Bertz CT molecular complexity index is 994. The molecule has 0 saturated carbocycles. The summed E-state index contributed by atoms with van der Waals surface area (Å²) < 4.78 is 10.3. The van der Waals surface area contributed by atoms with Gasteiger partial charge >= 0.3 is 5.97 Å². The molecule has 31 heavy (non-hydrogen) atoms. The van der Waals surface area contributed by atoms with Gasteiger partial charge in [0.15, 0.2) is 11.7 Å². The Morgan fingerprint density at radius 3 is 2.58 bits per heavy atom. The molecule has 3 aromatic rings. The minimum absolute atomic E-state index is 0.267. The van der Waals surface area contributed by atoms with Gasteiger partial charge in [-0.1, -0.05) is 61.7 Å². The Balaban J connectivity index is 1.71. The van der Waals surface area contributed by atoms with Crippen molar-refractivity contribution in [2.75, 3.05) is 18.1 Å². The smallest absolute Gasteiger partial charge is 0.344 e. The standard InChI is InChI=1S/C23H27N3O4S/c1-4-5-6-10-13-26(23-24-19(15-31-23)18-11-8-7-9-12-18)20(27)14-29-22(28)21-16(2)25-30-17(21)3/h7-9,11-12,15H,4-6,10,13-14H2,1-3H3. The van der Waals surface area contributed by atoms with Gasteiger partial charge in [0, 0.05) is 17.5 Å². The minimum Gasteiger partial charge on any atom is -0.452 e. The van der Waals surface area contributed by atoms with Crippen LogP contribution in [-0.2, 0) is 9.53 Å². The normalized spacial score (nSPS) is 10.8. The molecule has 0 bridgehead atoms. The predicted octanol–water partition coefficient (Wildman–Crippen LogP) is 5.19. The molecule has 3 rings (SSSR count). The molecular formula is C23H27N3O4S. The fraction of sp³-hybridized carbons (Fsp3) is 0.391. The summed E-state index contributed by atoms with van der Waals surface area (Å²) in [5.74, 6) is -0.538. The Morgan fingerprint density at radius 1 is 1.13 bits per heavy atom. The lowest BCUT2D eigenvalue weighted by Gasteiger charge is -2.19. The summed E-state index contributed by atoms with van der Waals surface area (Å²) in [4.78, 5) is 31.6. The van der Waals surface area contributed by atoms with E-state index in [1.54, 1.807) is 18.7 Å². The van der Waals surface area contributed by atoms with Gasteiger partial charge < -0.3 is 9.26 Å². The quantitative estimate of drug-likeness (QED) is 0.318. The molecule has 1 amide bonds. The van der Waals surface area contributed by atoms with Crippen molar-refractivity contribution in [2.24, 2.45) is 0 Å². The monoisotopic (exact) mass is 441 g/mol. The van der Waals surface area contributed by atoms with Gasteiger partial charge in [-0.15, -0.1) is 11.3 Å². The van der Waals surface area contributed by atoms with Gasteiger partial charge in [0.05, 0.1) is 11.4 Å². The number of aryl methyl sites for hydroxylation is 2. The molecule has 0 aliphatic heterocycles. The number of esters is 1. The van der Waals surface area contributed by atoms with Crippen LogP contribution in [0.3, 0.4) is 0 Å². The first kappa shape index (κ1) is 22.7. The van der Waals surface area contributed by atoms with Crippen LogP contribution >= 0.6 is 11.3 Å². The van der Waals surface area contributed by atoms with E-state index < -0.39 is 5.97 Å². The first-order valence-electron chi connectivity index (χ1n) is 10.4. The SMILES string of the molecule is CCCCCCN(C(=O)COC(=O)c1c(C)noc1C)c1nc(-c2ccccc2)cs1. The molecule has 8 heteroatoms. The molecule has 164 valence electrons. The average Bonchev–Trinajstić information content (AvgIpc) is 3.39. The third-order valence-electron chi connectivity index (χ3n) is 4.89. The summed E-state index contributed by atoms with van der Waals surface area (Å²) in [6, 6.07) is 9.83. The third-order valence-corrected chi connectivity index (χ3v) is 5.76. The van der Waals surface area contributed by atoms with Crippen LogP contribution in [0.1, 0.15) is 54.4 Å². The molecule has 0 unspecified atom stereocenters. The Hall–Kier alpha value is -3.00. The summed E-state index contributed by atoms with van der Waals surface area (Å²) >= 11 is 1.41. The number of hydrogen-bond donors (Lipinski definition) is 0. The van der Waals surface area contributed by atoms with Crippen molar-refractivity contribution >= 4 is 28.3 Å². The van der Waals surface area contributed by atoms with E-state index in [-0.39, 0.29) is 18.1 Å². The van der Waals surface area contributed by atoms with Crippen LogP contribution in [0.4, 0.5) is 5.13 Å². The molecule has 0 aliphatic carbocycles. The van der Waals surface area contributed by atoms with Crippen molar-refractivity contribution < 1.29 is 18.8 Å². The second-order valence-corrected chi connectivity index (χ2v) is 8.10. The first-order valence-corrected chi connectivity index (χ1v) is 11.3. The maximum absolute atomic E-state index is 13.0. The number of benzene rings is 1. The van der Waals surface area contributed by atoms with E-state index in [1.807, 2.05) is 35.7 Å². The maximum Gasteiger partial charge on any atom is 0.344 e. The van der Waals surface area contributed by atoms with Crippen molar-refractivity contribution in [3.8, 4) is 11.3 Å². The zero-order chi connectivity index (χ0) is 22.2. The van der Waals surface area contributed by atoms with E-state index in [1.165, 1.54) is 11.3 Å². The number of rotatable bonds is 10. The molecule has 0 saturated heterocycles. The topological polar surface area (TPSA) is 85.5 Å². The Labute approximate surface area is 186 Å². The molecular weight excluding hydrogens is 414 g/mol. The van der Waals surface area contributed by atoms with Crippen LogP contribution < -0.4 is 4.90 Å². The number of unbranched alkanes of at least 4 members (excludes halogenated alkanes) is 3. The highest BCUT2D eigenvalue weighted by atomic mass is 32.1. The van der Waals surface area contributed by atoms with Crippen molar-refractivity contribution in [1.82, 2.24) is 10.1 Å². The second kappa shape index (κ2) is 10.9. The number of hydrogen-bond acceptors (Lipinski definition) is 7. The maximum atomic E-state index is 13.0. The number of nitrogens with zero attached hydrogens (tertiary/aromatic N) is 3. The third kappa shape index (κ3) is 5.79. The van der Waals surface area contributed by atoms with E-state index in [2.05, 4.69) is 17.1 Å². The molecule has 0 fully saturated rings. The predicted molar refractivity (Wildman–Crippen MR) is 120 cm³/mol. The van der Waals surface area contributed by atoms with E-state index >= 15 is 0 Å². The van der Waals surface area contributed by atoms with Crippen molar-refractivity contribution in [1.29, 1.82) is 0 Å². The van der Waals surface area contributed by atoms with Gasteiger partial charge in [-0.2, -0.15) is 0 Å². The van der Waals surface area contributed by atoms with Crippen LogP contribution in [0.2, 0.25) is 0 Å². The first-order chi connectivity index (χ1) is 15.0. The molecule has 2 aromatic heterocycles. The van der Waals surface area contributed by atoms with E-state index in [0.717, 1.165) is 36.9 Å². The lowest BCUT2D eigenvalue weighted by Crippen LogP contribution is -2.35.